The number of ether oxygens (including phenoxy) is 1. The van der Waals surface area contributed by atoms with Gasteiger partial charge in [0.2, 0.25) is 0 Å². The van der Waals surface area contributed by atoms with Gasteiger partial charge in [0.15, 0.2) is 0 Å². The fraction of sp³-hybridized carbons (Fsp3) is 0.0690. The summed E-state index contributed by atoms with van der Waals surface area (Å²) in [4.78, 5) is 10.4. The van der Waals surface area contributed by atoms with Crippen molar-refractivity contribution in [2.24, 2.45) is 0 Å². The Hall–Kier alpha value is -8.22. The lowest BCUT2D eigenvalue weighted by atomic mass is 9.88. The summed E-state index contributed by atoms with van der Waals surface area (Å²) in [5.41, 5.74) is 11.7. The van der Waals surface area contributed by atoms with E-state index in [1.165, 1.54) is 32.8 Å². The molecule has 0 amide bonds. The van der Waals surface area contributed by atoms with Crippen LogP contribution < -0.4 is 4.74 Å². The molecule has 0 fully saturated rings. The summed E-state index contributed by atoms with van der Waals surface area (Å²) in [5.74, 6) is 2.35. The highest BCUT2D eigenvalue weighted by atomic mass is 16.5. The number of fused-ring (bicyclic) bond motifs is 12. The molecule has 0 unspecified atom stereocenters. The first-order valence-electron chi connectivity index (χ1n) is 21.9. The largest absolute Gasteiger partial charge is 0.457 e. The van der Waals surface area contributed by atoms with E-state index >= 15 is 0 Å². The molecule has 7 aromatic carbocycles. The van der Waals surface area contributed by atoms with E-state index < -0.39 is 0 Å². The van der Waals surface area contributed by atoms with Gasteiger partial charge in [0.05, 0.1) is 44.3 Å². The summed E-state index contributed by atoms with van der Waals surface area (Å²) < 4.78 is 13.9. The van der Waals surface area contributed by atoms with Crippen LogP contribution in [0, 0.1) is 0 Å². The molecule has 0 saturated heterocycles. The minimum Gasteiger partial charge on any atom is -0.457 e. The average Bonchev–Trinajstić information content (AvgIpc) is 3.99. The lowest BCUT2D eigenvalue weighted by Crippen LogP contribution is -2.12. The maximum absolute atomic E-state index is 6.83. The summed E-state index contributed by atoms with van der Waals surface area (Å²) >= 11 is 0. The van der Waals surface area contributed by atoms with Gasteiger partial charge in [0, 0.05) is 55.5 Å². The van der Waals surface area contributed by atoms with Crippen molar-refractivity contribution < 1.29 is 4.74 Å². The molecule has 6 aromatic heterocycles. The SMILES string of the molecule is CC(C)(C)c1ccnc(-n2c3ccccc3c3ccc(Oc4cccc(-c5nc6cccc7c8cccc9c%10ccccc%10n(c%10ccccc%10c%10ccccc%10c5n67)c98)c4)cc32)c1. The summed E-state index contributed by atoms with van der Waals surface area (Å²) in [6.07, 6.45) is 1.92. The van der Waals surface area contributed by atoms with Crippen molar-refractivity contribution in [2.45, 2.75) is 26.2 Å². The second kappa shape index (κ2) is 13.6. The maximum Gasteiger partial charge on any atom is 0.138 e. The van der Waals surface area contributed by atoms with E-state index in [9.17, 15) is 0 Å². The third kappa shape index (κ3) is 5.39. The molecule has 0 saturated carbocycles. The van der Waals surface area contributed by atoms with Gasteiger partial charge < -0.3 is 9.14 Å². The first kappa shape index (κ1) is 36.4. The molecule has 13 aromatic rings. The molecule has 0 aliphatic rings. The van der Waals surface area contributed by atoms with Gasteiger partial charge in [0.25, 0.3) is 0 Å². The molecule has 6 heteroatoms. The Morgan fingerprint density at radius 2 is 0.984 bits per heavy atom. The Morgan fingerprint density at radius 3 is 1.77 bits per heavy atom. The molecular formula is C58H41N5O. The molecular weight excluding hydrogens is 783 g/mol. The van der Waals surface area contributed by atoms with Crippen molar-refractivity contribution in [1.29, 1.82) is 0 Å². The third-order valence-electron chi connectivity index (χ3n) is 13.1. The van der Waals surface area contributed by atoms with E-state index in [0.717, 1.165) is 88.7 Å². The van der Waals surface area contributed by atoms with E-state index in [1.807, 2.05) is 12.3 Å². The minimum atomic E-state index is -0.0183. The molecule has 6 nitrogen and oxygen atoms in total. The van der Waals surface area contributed by atoms with Gasteiger partial charge >= 0.3 is 0 Å². The van der Waals surface area contributed by atoms with Gasteiger partial charge in [-0.15, -0.1) is 0 Å². The zero-order chi connectivity index (χ0) is 42.7. The van der Waals surface area contributed by atoms with E-state index in [4.69, 9.17) is 14.7 Å². The Bertz CT molecular complexity index is 4110. The molecule has 6 heterocycles. The Kier molecular flexibility index (Phi) is 7.76. The summed E-state index contributed by atoms with van der Waals surface area (Å²) in [6, 6.07) is 67.1. The minimum absolute atomic E-state index is 0.0183. The van der Waals surface area contributed by atoms with Crippen molar-refractivity contribution in [3.8, 4) is 28.6 Å². The van der Waals surface area contributed by atoms with Gasteiger partial charge in [-0.3, -0.25) is 8.97 Å². The van der Waals surface area contributed by atoms with Crippen LogP contribution in [-0.2, 0) is 5.41 Å². The van der Waals surface area contributed by atoms with E-state index in [2.05, 4.69) is 216 Å². The number of pyridine rings is 2. The topological polar surface area (TPSA) is 48.8 Å². The van der Waals surface area contributed by atoms with Gasteiger partial charge in [0.1, 0.15) is 23.0 Å². The van der Waals surface area contributed by atoms with Crippen molar-refractivity contribution in [1.82, 2.24) is 23.3 Å². The zero-order valence-corrected chi connectivity index (χ0v) is 35.6. The van der Waals surface area contributed by atoms with Crippen molar-refractivity contribution in [2.75, 3.05) is 0 Å². The molecule has 0 N–H and O–H groups in total. The lowest BCUT2D eigenvalue weighted by Gasteiger charge is -2.20. The summed E-state index contributed by atoms with van der Waals surface area (Å²) in [6.45, 7) is 6.71. The molecule has 13 rings (SSSR count). The maximum atomic E-state index is 6.83. The Morgan fingerprint density at radius 1 is 0.422 bits per heavy atom. The summed E-state index contributed by atoms with van der Waals surface area (Å²) in [5, 5.41) is 9.30. The number of hydrogen-bond acceptors (Lipinski definition) is 3. The number of rotatable bonds is 4. The molecule has 0 spiro atoms. The highest BCUT2D eigenvalue weighted by Crippen LogP contribution is 2.41. The lowest BCUT2D eigenvalue weighted by molar-refractivity contribution is 0.483. The van der Waals surface area contributed by atoms with Gasteiger partial charge in [-0.05, 0) is 83.1 Å². The fourth-order valence-electron chi connectivity index (χ4n) is 10.2. The quantitative estimate of drug-likeness (QED) is 0.178. The van der Waals surface area contributed by atoms with Crippen molar-refractivity contribution in [3.63, 3.8) is 0 Å². The van der Waals surface area contributed by atoms with Crippen LogP contribution in [0.1, 0.15) is 26.3 Å². The predicted octanol–water partition coefficient (Wildman–Crippen LogP) is 15.2. The van der Waals surface area contributed by atoms with Crippen LogP contribution in [0.2, 0.25) is 0 Å². The Balaban J connectivity index is 1.05. The number of hydrogen-bond donors (Lipinski definition) is 0. The average molecular weight is 824 g/mol. The normalized spacial score (nSPS) is 12.3. The van der Waals surface area contributed by atoms with Crippen LogP contribution in [0.4, 0.5) is 0 Å². The second-order valence-electron chi connectivity index (χ2n) is 17.8. The number of nitrogens with zero attached hydrogens (tertiary/aromatic N) is 5. The van der Waals surface area contributed by atoms with Gasteiger partial charge in [-0.25, -0.2) is 9.97 Å². The molecule has 0 aliphatic carbocycles. The second-order valence-corrected chi connectivity index (χ2v) is 17.8. The first-order valence-corrected chi connectivity index (χ1v) is 21.9. The highest BCUT2D eigenvalue weighted by molar-refractivity contribution is 6.21. The third-order valence-corrected chi connectivity index (χ3v) is 13.1. The van der Waals surface area contributed by atoms with Crippen LogP contribution in [0.5, 0.6) is 11.5 Å². The molecule has 64 heavy (non-hydrogen) atoms. The number of imidazole rings is 1. The van der Waals surface area contributed by atoms with Crippen molar-refractivity contribution in [3.05, 3.63) is 200 Å². The monoisotopic (exact) mass is 823 g/mol. The molecule has 304 valence electrons. The fourth-order valence-corrected chi connectivity index (χ4v) is 10.2. The van der Waals surface area contributed by atoms with Crippen LogP contribution >= 0.6 is 0 Å². The summed E-state index contributed by atoms with van der Waals surface area (Å²) in [7, 11) is 0. The van der Waals surface area contributed by atoms with Gasteiger partial charge in [-0.1, -0.05) is 136 Å². The highest BCUT2D eigenvalue weighted by Gasteiger charge is 2.21. The zero-order valence-electron chi connectivity index (χ0n) is 35.6. The van der Waals surface area contributed by atoms with Crippen LogP contribution in [-0.4, -0.2) is 23.3 Å². The number of aromatic nitrogens is 5. The van der Waals surface area contributed by atoms with Crippen LogP contribution in [0.3, 0.4) is 0 Å². The molecule has 0 atom stereocenters. The van der Waals surface area contributed by atoms with Crippen LogP contribution in [0.25, 0.3) is 104 Å². The number of para-hydroxylation sites is 4. The smallest absolute Gasteiger partial charge is 0.138 e. The predicted molar refractivity (Wildman–Crippen MR) is 265 cm³/mol. The van der Waals surface area contributed by atoms with Crippen molar-refractivity contribution >= 4 is 87.4 Å². The van der Waals surface area contributed by atoms with E-state index in [1.54, 1.807) is 0 Å². The van der Waals surface area contributed by atoms with Gasteiger partial charge in [-0.2, -0.15) is 0 Å². The standard InChI is InChI=1S/C58H41N5O/c1-58(2,3)37-31-32-59-54(34-37)61-48-24-9-7-19-42(48)44-30-29-39(35-52(44)61)64-38-16-12-15-36(33-38)55-57-45-21-5-4-17-40(45)41-18-6-10-25-49(41)62-50-26-11-8-20-43(50)46-22-13-23-47(56(46)62)51-27-14-28-53(60-55)63(51)57/h4-35H,1-3H3. The molecule has 0 aliphatic heterocycles. The Labute approximate surface area is 368 Å². The number of benzene rings is 7. The first-order chi connectivity index (χ1) is 31.4. The van der Waals surface area contributed by atoms with E-state index in [-0.39, 0.29) is 5.41 Å². The van der Waals surface area contributed by atoms with Crippen LogP contribution in [0.15, 0.2) is 194 Å². The van der Waals surface area contributed by atoms with E-state index in [0.29, 0.717) is 0 Å². The molecule has 0 radical (unpaired) electrons. The molecule has 0 bridgehead atoms.